The topological polar surface area (TPSA) is 72.7 Å². The van der Waals surface area contributed by atoms with Gasteiger partial charge >= 0.3 is 0 Å². The van der Waals surface area contributed by atoms with Crippen LogP contribution in [0, 0.1) is 11.3 Å². The van der Waals surface area contributed by atoms with Crippen molar-refractivity contribution in [2.75, 3.05) is 53.3 Å². The summed E-state index contributed by atoms with van der Waals surface area (Å²) in [6.45, 7) is 9.97. The van der Waals surface area contributed by atoms with Gasteiger partial charge in [-0.15, -0.1) is 0 Å². The van der Waals surface area contributed by atoms with Gasteiger partial charge in [-0.1, -0.05) is 6.92 Å². The van der Waals surface area contributed by atoms with Gasteiger partial charge in [0.2, 0.25) is 0 Å². The summed E-state index contributed by atoms with van der Waals surface area (Å²) in [7, 11) is 1.64. The summed E-state index contributed by atoms with van der Waals surface area (Å²) in [6, 6.07) is 2.30. The van der Waals surface area contributed by atoms with E-state index in [1.807, 2.05) is 20.8 Å². The molecule has 0 aromatic carbocycles. The Hall–Kier alpha value is -0.710. The number of ether oxygens (including phenoxy) is 4. The van der Waals surface area contributed by atoms with Crippen molar-refractivity contribution in [3.8, 4) is 6.07 Å². The predicted octanol–water partition coefficient (Wildman–Crippen LogP) is 1.35. The summed E-state index contributed by atoms with van der Waals surface area (Å²) in [4.78, 5) is 0. The lowest BCUT2D eigenvalue weighted by atomic mass is 9.96. The summed E-state index contributed by atoms with van der Waals surface area (Å²) >= 11 is 0. The van der Waals surface area contributed by atoms with E-state index >= 15 is 0 Å². The molecule has 1 N–H and O–H groups in total. The minimum Gasteiger partial charge on any atom is -0.382 e. The summed E-state index contributed by atoms with van der Waals surface area (Å²) in [5, 5.41) is 12.4. The first-order valence-electron chi connectivity index (χ1n) is 7.50. The minimum absolute atomic E-state index is 0.00949. The fraction of sp³-hybridized carbons (Fsp3) is 0.933. The van der Waals surface area contributed by atoms with E-state index in [-0.39, 0.29) is 6.10 Å². The van der Waals surface area contributed by atoms with Crippen molar-refractivity contribution in [3.05, 3.63) is 0 Å². The second kappa shape index (κ2) is 13.0. The average Bonchev–Trinajstić information content (AvgIpc) is 2.45. The van der Waals surface area contributed by atoms with E-state index in [4.69, 9.17) is 18.9 Å². The molecule has 0 radical (unpaired) electrons. The van der Waals surface area contributed by atoms with Crippen molar-refractivity contribution in [3.63, 3.8) is 0 Å². The van der Waals surface area contributed by atoms with Crippen LogP contribution in [0.2, 0.25) is 0 Å². The fourth-order valence-corrected chi connectivity index (χ4v) is 1.95. The predicted molar refractivity (Wildman–Crippen MR) is 81.2 cm³/mol. The Kier molecular flexibility index (Phi) is 12.5. The third kappa shape index (κ3) is 11.6. The highest BCUT2D eigenvalue weighted by Crippen LogP contribution is 2.13. The molecule has 0 saturated heterocycles. The van der Waals surface area contributed by atoms with E-state index < -0.39 is 5.54 Å². The SMILES string of the molecule is CCNC(C)(C#N)CC(C)OCCOCCOCCOC. The average molecular weight is 302 g/mol. The number of nitrogens with one attached hydrogen (secondary N) is 1. The quantitative estimate of drug-likeness (QED) is 0.488. The summed E-state index contributed by atoms with van der Waals surface area (Å²) < 4.78 is 21.2. The summed E-state index contributed by atoms with van der Waals surface area (Å²) in [5.41, 5.74) is -0.537. The van der Waals surface area contributed by atoms with Crippen LogP contribution in [0.15, 0.2) is 0 Å². The lowest BCUT2D eigenvalue weighted by Gasteiger charge is -2.26. The van der Waals surface area contributed by atoms with Crippen LogP contribution in [0.25, 0.3) is 0 Å². The van der Waals surface area contributed by atoms with Crippen LogP contribution in [0.4, 0.5) is 0 Å². The van der Waals surface area contributed by atoms with Crippen LogP contribution in [0.5, 0.6) is 0 Å². The number of nitrogens with zero attached hydrogens (tertiary/aromatic N) is 1. The van der Waals surface area contributed by atoms with Gasteiger partial charge in [0.25, 0.3) is 0 Å². The first-order valence-corrected chi connectivity index (χ1v) is 7.50. The molecule has 0 aromatic heterocycles. The Bertz CT molecular complexity index is 283. The van der Waals surface area contributed by atoms with Gasteiger partial charge in [0, 0.05) is 13.5 Å². The molecule has 0 aliphatic rings. The van der Waals surface area contributed by atoms with Gasteiger partial charge in [0.1, 0.15) is 5.54 Å². The van der Waals surface area contributed by atoms with Crippen molar-refractivity contribution in [1.29, 1.82) is 5.26 Å². The first-order chi connectivity index (χ1) is 10.1. The standard InChI is InChI=1S/C15H30N2O4/c1-5-17-15(3,13-16)12-14(2)21-11-10-20-9-8-19-7-6-18-4/h14,17H,5-12H2,1-4H3. The number of rotatable bonds is 14. The Morgan fingerprint density at radius 2 is 1.67 bits per heavy atom. The van der Waals surface area contributed by atoms with Crippen LogP contribution in [-0.4, -0.2) is 64.9 Å². The minimum atomic E-state index is -0.537. The Labute approximate surface area is 128 Å². The maximum atomic E-state index is 9.18. The lowest BCUT2D eigenvalue weighted by molar-refractivity contribution is -0.0171. The molecule has 0 aromatic rings. The van der Waals surface area contributed by atoms with E-state index in [2.05, 4.69) is 11.4 Å². The molecule has 124 valence electrons. The van der Waals surface area contributed by atoms with Crippen molar-refractivity contribution >= 4 is 0 Å². The highest BCUT2D eigenvalue weighted by molar-refractivity contribution is 5.04. The molecule has 0 saturated carbocycles. The van der Waals surface area contributed by atoms with E-state index in [9.17, 15) is 5.26 Å². The van der Waals surface area contributed by atoms with Crippen molar-refractivity contribution in [1.82, 2.24) is 5.32 Å². The van der Waals surface area contributed by atoms with Gasteiger partial charge in [-0.3, -0.25) is 5.32 Å². The molecule has 0 amide bonds. The molecule has 6 heteroatoms. The van der Waals surface area contributed by atoms with Crippen LogP contribution in [-0.2, 0) is 18.9 Å². The molecule has 0 bridgehead atoms. The van der Waals surface area contributed by atoms with E-state index in [1.54, 1.807) is 7.11 Å². The Balaban J connectivity index is 3.53. The van der Waals surface area contributed by atoms with E-state index in [0.29, 0.717) is 46.1 Å². The molecular formula is C15H30N2O4. The van der Waals surface area contributed by atoms with E-state index in [0.717, 1.165) is 6.54 Å². The summed E-state index contributed by atoms with van der Waals surface area (Å²) in [6.07, 6.45) is 0.660. The normalized spacial score (nSPS) is 15.4. The van der Waals surface area contributed by atoms with Crippen LogP contribution < -0.4 is 5.32 Å². The van der Waals surface area contributed by atoms with Crippen molar-refractivity contribution in [2.24, 2.45) is 0 Å². The third-order valence-electron chi connectivity index (χ3n) is 2.94. The van der Waals surface area contributed by atoms with Gasteiger partial charge in [-0.25, -0.2) is 0 Å². The molecule has 21 heavy (non-hydrogen) atoms. The third-order valence-corrected chi connectivity index (χ3v) is 2.94. The highest BCUT2D eigenvalue weighted by atomic mass is 16.6. The zero-order chi connectivity index (χ0) is 16.0. The summed E-state index contributed by atoms with van der Waals surface area (Å²) in [5.74, 6) is 0. The lowest BCUT2D eigenvalue weighted by Crippen LogP contribution is -2.43. The second-order valence-corrected chi connectivity index (χ2v) is 5.08. The Morgan fingerprint density at radius 1 is 1.10 bits per heavy atom. The first kappa shape index (κ1) is 20.3. The van der Waals surface area contributed by atoms with Gasteiger partial charge in [-0.05, 0) is 20.4 Å². The monoisotopic (exact) mass is 302 g/mol. The second-order valence-electron chi connectivity index (χ2n) is 5.08. The van der Waals surface area contributed by atoms with Crippen LogP contribution in [0.3, 0.4) is 0 Å². The van der Waals surface area contributed by atoms with Crippen LogP contribution in [0.1, 0.15) is 27.2 Å². The molecule has 2 unspecified atom stereocenters. The molecule has 0 rings (SSSR count). The Morgan fingerprint density at radius 3 is 2.19 bits per heavy atom. The van der Waals surface area contributed by atoms with Crippen LogP contribution >= 0.6 is 0 Å². The van der Waals surface area contributed by atoms with Gasteiger partial charge in [-0.2, -0.15) is 5.26 Å². The van der Waals surface area contributed by atoms with E-state index in [1.165, 1.54) is 0 Å². The largest absolute Gasteiger partial charge is 0.382 e. The van der Waals surface area contributed by atoms with Gasteiger partial charge in [0.05, 0.1) is 51.8 Å². The molecular weight excluding hydrogens is 272 g/mol. The molecule has 0 aliphatic carbocycles. The maximum Gasteiger partial charge on any atom is 0.106 e. The molecule has 0 fully saturated rings. The van der Waals surface area contributed by atoms with Crippen molar-refractivity contribution < 1.29 is 18.9 Å². The number of hydrogen-bond donors (Lipinski definition) is 1. The number of nitriles is 1. The molecule has 0 spiro atoms. The molecule has 0 aliphatic heterocycles. The van der Waals surface area contributed by atoms with Gasteiger partial charge in [0.15, 0.2) is 0 Å². The maximum absolute atomic E-state index is 9.18. The number of hydrogen-bond acceptors (Lipinski definition) is 6. The fourth-order valence-electron chi connectivity index (χ4n) is 1.95. The molecule has 6 nitrogen and oxygen atoms in total. The van der Waals surface area contributed by atoms with Crippen molar-refractivity contribution in [2.45, 2.75) is 38.8 Å². The van der Waals surface area contributed by atoms with Gasteiger partial charge < -0.3 is 18.9 Å². The zero-order valence-corrected chi connectivity index (χ0v) is 13.8. The smallest absolute Gasteiger partial charge is 0.106 e. The number of methoxy groups -OCH3 is 1. The highest BCUT2D eigenvalue weighted by Gasteiger charge is 2.25. The zero-order valence-electron chi connectivity index (χ0n) is 13.8. The molecule has 2 atom stereocenters. The molecule has 0 heterocycles.